The highest BCUT2D eigenvalue weighted by atomic mass is 35.5. The van der Waals surface area contributed by atoms with Gasteiger partial charge in [-0.25, -0.2) is 19.6 Å². The minimum absolute atomic E-state index is 0.0372. The Labute approximate surface area is 505 Å². The normalized spacial score (nSPS) is 26.1. The smallest absolute Gasteiger partial charge is 0.338 e. The van der Waals surface area contributed by atoms with E-state index in [1.165, 1.54) is 0 Å². The van der Waals surface area contributed by atoms with Crippen molar-refractivity contribution in [1.29, 1.82) is 0 Å². The van der Waals surface area contributed by atoms with Gasteiger partial charge in [0.1, 0.15) is 11.3 Å². The molecule has 1 N–H and O–H groups in total. The molecule has 0 bridgehead atoms. The van der Waals surface area contributed by atoms with E-state index >= 15 is 0 Å². The molecular weight excluding hydrogens is 1060 g/mol. The maximum atomic E-state index is 14.6. The number of nitrogens with zero attached hydrogens (tertiary/aromatic N) is 5. The van der Waals surface area contributed by atoms with Crippen LogP contribution < -0.4 is 5.32 Å². The minimum atomic E-state index is -0.590. The van der Waals surface area contributed by atoms with E-state index in [-0.39, 0.29) is 80.9 Å². The Morgan fingerprint density at radius 2 is 1.04 bits per heavy atom. The Morgan fingerprint density at radius 1 is 0.627 bits per heavy atom. The highest BCUT2D eigenvalue weighted by Gasteiger charge is 2.55. The van der Waals surface area contributed by atoms with Gasteiger partial charge in [-0.15, -0.1) is 0 Å². The monoisotopic (exact) mass is 1170 g/mol. The van der Waals surface area contributed by atoms with Gasteiger partial charge in [0, 0.05) is 19.1 Å². The number of esters is 2. The van der Waals surface area contributed by atoms with Crippen LogP contribution in [0.15, 0.2) is 58.5 Å². The number of benzene rings is 2. The molecule has 0 aromatic heterocycles. The fraction of sp³-hybridized carbons (Fsp3) is 0.735. The van der Waals surface area contributed by atoms with Crippen molar-refractivity contribution in [1.82, 2.24) is 20.0 Å². The molecule has 4 heterocycles. The molecule has 2 aromatic rings. The van der Waals surface area contributed by atoms with Crippen LogP contribution in [-0.2, 0) is 28.5 Å². The van der Waals surface area contributed by atoms with Crippen molar-refractivity contribution >= 4 is 46.4 Å². The number of amides is 2. The predicted molar refractivity (Wildman–Crippen MR) is 335 cm³/mol. The van der Waals surface area contributed by atoms with E-state index in [0.29, 0.717) is 54.6 Å². The molecule has 14 nitrogen and oxygen atoms in total. The van der Waals surface area contributed by atoms with Gasteiger partial charge >= 0.3 is 11.9 Å². The number of rotatable bonds is 12. The topological polar surface area (TPSA) is 152 Å². The fourth-order valence-electron chi connectivity index (χ4n) is 12.8. The number of nitrogens with one attached hydrogen (secondary N) is 1. The molecule has 8 rings (SSSR count). The lowest BCUT2D eigenvalue weighted by atomic mass is 9.69. The van der Waals surface area contributed by atoms with Crippen molar-refractivity contribution in [2.24, 2.45) is 43.5 Å². The zero-order valence-corrected chi connectivity index (χ0v) is 55.1. The number of ether oxygens (including phenoxy) is 4. The summed E-state index contributed by atoms with van der Waals surface area (Å²) in [4.78, 5) is 69.5. The molecule has 2 saturated carbocycles. The number of hydrogen-bond acceptors (Lipinski definition) is 12. The van der Waals surface area contributed by atoms with Crippen LogP contribution >= 0.6 is 11.6 Å². The lowest BCUT2D eigenvalue weighted by Crippen LogP contribution is -2.54. The van der Waals surface area contributed by atoms with Crippen LogP contribution in [0.4, 0.5) is 0 Å². The van der Waals surface area contributed by atoms with Crippen LogP contribution in [0.1, 0.15) is 246 Å². The maximum Gasteiger partial charge on any atom is 0.338 e. The molecule has 83 heavy (non-hydrogen) atoms. The van der Waals surface area contributed by atoms with E-state index < -0.39 is 11.3 Å². The van der Waals surface area contributed by atoms with E-state index in [1.807, 2.05) is 69.0 Å². The Bertz CT molecular complexity index is 2530. The molecule has 4 atom stereocenters. The summed E-state index contributed by atoms with van der Waals surface area (Å²) in [6, 6.07) is 15.6. The zero-order valence-electron chi connectivity index (χ0n) is 54.3. The third-order valence-corrected chi connectivity index (χ3v) is 18.0. The van der Waals surface area contributed by atoms with Crippen molar-refractivity contribution in [3.05, 3.63) is 70.8 Å². The standard InChI is InChI=1S/C34H53N3O4.C29H43ClN2O3.C5H11NO/c1-23(2)41-31(39)26-12-10-25(11-13-26)28(16-17-32(4,5)6)37-30(38)29(36-20-21-40-22-24(36)3)35-34(37)18-14-27(15-19-34)33(7,8)9;1-19(2)35-26(34)21-11-9-20(10-12-21)23(15-16-27(3,4)5)32-25(33)24(30)31-29(32)17-13-22(14-18-29)28(6,7)8;1-5-4-7-3-2-6-5/h10-13,23-24,27-28H,14-22H2,1-9H3;9-12,19,22-23H,13-18H2,1-8H3;5-6H,2-4H2,1H3/t24-,27?,28+,34?;22?,23-,29?;5-/m010/s1. The summed E-state index contributed by atoms with van der Waals surface area (Å²) in [5.41, 5.74) is 2.64. The molecule has 464 valence electrons. The number of aliphatic imine (C=N–C) groups is 2. The number of halogens is 1. The van der Waals surface area contributed by atoms with Gasteiger partial charge in [-0.2, -0.15) is 0 Å². The van der Waals surface area contributed by atoms with Crippen LogP contribution in [0.5, 0.6) is 0 Å². The second-order valence-electron chi connectivity index (χ2n) is 29.9. The third-order valence-electron chi connectivity index (χ3n) is 17.8. The molecule has 4 fully saturated rings. The SMILES string of the molecule is CC(C)OC(=O)c1ccc([C@@H](CCC(C)(C)C)N2C(=O)C(Cl)=NC23CCC(C(C)(C)C)CC3)cc1.CC(C)OC(=O)c1ccc([C@@H](CCC(C)(C)C)N2C(=O)C(N3CCOC[C@@H]3C)=NC23CCC(C(C)(C)C)CC3)cc1.C[C@H]1COCCN1. The molecule has 2 amide bonds. The summed E-state index contributed by atoms with van der Waals surface area (Å²) < 4.78 is 21.6. The highest BCUT2D eigenvalue weighted by molar-refractivity contribution is 6.83. The molecule has 15 heteroatoms. The fourth-order valence-corrected chi connectivity index (χ4v) is 13.1. The summed E-state index contributed by atoms with van der Waals surface area (Å²) >= 11 is 6.44. The first kappa shape index (κ1) is 67.8. The van der Waals surface area contributed by atoms with E-state index in [0.717, 1.165) is 108 Å². The number of hydrogen-bond donors (Lipinski definition) is 1. The average molecular weight is 1170 g/mol. The van der Waals surface area contributed by atoms with E-state index in [2.05, 4.69) is 112 Å². The van der Waals surface area contributed by atoms with E-state index in [4.69, 9.17) is 40.5 Å². The van der Waals surface area contributed by atoms with E-state index in [9.17, 15) is 19.2 Å². The Morgan fingerprint density at radius 3 is 1.39 bits per heavy atom. The van der Waals surface area contributed by atoms with Crippen LogP contribution in [0.2, 0.25) is 0 Å². The molecule has 2 spiro atoms. The van der Waals surface area contributed by atoms with E-state index in [1.54, 1.807) is 12.1 Å². The molecule has 6 aliphatic rings. The van der Waals surface area contributed by atoms with Crippen LogP contribution in [0.3, 0.4) is 0 Å². The number of morpholine rings is 2. The van der Waals surface area contributed by atoms with Crippen molar-refractivity contribution in [2.45, 2.75) is 249 Å². The quantitative estimate of drug-likeness (QED) is 0.203. The maximum absolute atomic E-state index is 14.6. The first-order valence-corrected chi connectivity index (χ1v) is 31.8. The molecule has 2 aliphatic carbocycles. The van der Waals surface area contributed by atoms with Crippen molar-refractivity contribution in [2.75, 3.05) is 39.5 Å². The van der Waals surface area contributed by atoms with Gasteiger partial charge < -0.3 is 39.0 Å². The van der Waals surface area contributed by atoms with Gasteiger partial charge in [0.15, 0.2) is 11.0 Å². The molecule has 0 unspecified atom stereocenters. The summed E-state index contributed by atoms with van der Waals surface area (Å²) in [5.74, 6) is 1.01. The first-order chi connectivity index (χ1) is 38.6. The summed E-state index contributed by atoms with van der Waals surface area (Å²) in [7, 11) is 0. The van der Waals surface area contributed by atoms with Crippen LogP contribution in [-0.4, -0.2) is 125 Å². The molecule has 2 aromatic carbocycles. The van der Waals surface area contributed by atoms with Gasteiger partial charge in [-0.1, -0.05) is 119 Å². The zero-order chi connectivity index (χ0) is 61.5. The second kappa shape index (κ2) is 28.0. The second-order valence-corrected chi connectivity index (χ2v) is 30.2. The summed E-state index contributed by atoms with van der Waals surface area (Å²) in [6.07, 6.45) is 10.7. The average Bonchev–Trinajstić information content (AvgIpc) is 3.80. The molecule has 0 radical (unpaired) electrons. The van der Waals surface area contributed by atoms with Crippen molar-refractivity contribution < 1.29 is 38.1 Å². The van der Waals surface area contributed by atoms with Gasteiger partial charge in [0.05, 0.1) is 67.9 Å². The Kier molecular flexibility index (Phi) is 22.8. The lowest BCUT2D eigenvalue weighted by molar-refractivity contribution is -0.135. The van der Waals surface area contributed by atoms with Gasteiger partial charge in [0.2, 0.25) is 0 Å². The Hall–Kier alpha value is -4.37. The van der Waals surface area contributed by atoms with Gasteiger partial charge in [-0.3, -0.25) is 9.59 Å². The predicted octanol–water partition coefficient (Wildman–Crippen LogP) is 14.5. The van der Waals surface area contributed by atoms with Crippen molar-refractivity contribution in [3.63, 3.8) is 0 Å². The van der Waals surface area contributed by atoms with Gasteiger partial charge in [-0.05, 0) is 187 Å². The minimum Gasteiger partial charge on any atom is -0.459 e. The highest BCUT2D eigenvalue weighted by Crippen LogP contribution is 2.52. The Balaban J connectivity index is 0.000000240. The molecule has 4 aliphatic heterocycles. The third kappa shape index (κ3) is 18.1. The largest absolute Gasteiger partial charge is 0.459 e. The molecular formula is C68H107ClN6O8. The summed E-state index contributed by atoms with van der Waals surface area (Å²) in [5, 5.41) is 3.35. The number of amidine groups is 1. The van der Waals surface area contributed by atoms with Crippen molar-refractivity contribution in [3.8, 4) is 0 Å². The van der Waals surface area contributed by atoms with Crippen LogP contribution in [0, 0.1) is 33.5 Å². The number of carbonyl (C=O) groups is 4. The van der Waals surface area contributed by atoms with Gasteiger partial charge in [0.25, 0.3) is 11.8 Å². The first-order valence-electron chi connectivity index (χ1n) is 31.4. The lowest BCUT2D eigenvalue weighted by Gasteiger charge is -2.47. The number of carbonyl (C=O) groups excluding carboxylic acids is 4. The summed E-state index contributed by atoms with van der Waals surface area (Å²) in [6.45, 7) is 43.6. The molecule has 2 saturated heterocycles. The van der Waals surface area contributed by atoms with Crippen LogP contribution in [0.25, 0.3) is 0 Å².